The van der Waals surface area contributed by atoms with Crippen LogP contribution < -0.4 is 4.94 Å². The Morgan fingerprint density at radius 2 is 1.84 bits per heavy atom. The smallest absolute Gasteiger partial charge is 0.182 e. The van der Waals surface area contributed by atoms with E-state index in [4.69, 9.17) is 0 Å². The summed E-state index contributed by atoms with van der Waals surface area (Å²) in [6, 6.07) is 2.04. The lowest BCUT2D eigenvalue weighted by Gasteiger charge is -2.25. The Balaban J connectivity index is 0.00000154. The van der Waals surface area contributed by atoms with Gasteiger partial charge in [0.2, 0.25) is 0 Å². The van der Waals surface area contributed by atoms with Crippen LogP contribution in [0.25, 0.3) is 6.08 Å². The zero-order chi connectivity index (χ0) is 15.2. The number of rotatable bonds is 3. The molecule has 1 nitrogen and oxygen atoms in total. The van der Waals surface area contributed by atoms with Crippen molar-refractivity contribution in [3.8, 4) is 5.75 Å². The van der Waals surface area contributed by atoms with E-state index >= 15 is 0 Å². The van der Waals surface area contributed by atoms with E-state index in [2.05, 4.69) is 32.3 Å². The predicted octanol–water partition coefficient (Wildman–Crippen LogP) is 5.79. The van der Waals surface area contributed by atoms with Crippen molar-refractivity contribution in [1.82, 2.24) is 0 Å². The highest BCUT2D eigenvalue weighted by atomic mass is 19.3. The Hall–Kier alpha value is -1.31. The van der Waals surface area contributed by atoms with Gasteiger partial charge < -0.3 is 0 Å². The van der Waals surface area contributed by atoms with Crippen LogP contribution in [0, 0.1) is 6.92 Å². The monoisotopic (exact) mass is 266 g/mol. The number of aryl methyl sites for hydroxylation is 1. The number of benzene rings is 1. The molecule has 1 aromatic carbocycles. The average Bonchev–Trinajstić information content (AvgIpc) is 2.38. The number of halogens is 1. The van der Waals surface area contributed by atoms with Crippen molar-refractivity contribution in [2.24, 2.45) is 0 Å². The topological polar surface area (TPSA) is 9.23 Å². The van der Waals surface area contributed by atoms with E-state index in [-0.39, 0.29) is 5.41 Å². The van der Waals surface area contributed by atoms with Crippen molar-refractivity contribution < 1.29 is 9.47 Å². The van der Waals surface area contributed by atoms with Gasteiger partial charge in [0.25, 0.3) is 0 Å². The second-order valence-corrected chi connectivity index (χ2v) is 5.34. The van der Waals surface area contributed by atoms with Crippen molar-refractivity contribution in [3.63, 3.8) is 0 Å². The van der Waals surface area contributed by atoms with Crippen molar-refractivity contribution >= 4 is 6.08 Å². The Morgan fingerprint density at radius 3 is 2.16 bits per heavy atom. The molecule has 0 amide bonds. The van der Waals surface area contributed by atoms with E-state index < -0.39 is 0 Å². The van der Waals surface area contributed by atoms with Gasteiger partial charge in [-0.2, -0.15) is 0 Å². The average molecular weight is 266 g/mol. The maximum absolute atomic E-state index is 12.7. The van der Waals surface area contributed by atoms with Crippen LogP contribution in [0.5, 0.6) is 5.75 Å². The molecule has 0 radical (unpaired) electrons. The molecule has 0 unspecified atom stereocenters. The highest BCUT2D eigenvalue weighted by Crippen LogP contribution is 2.36. The lowest BCUT2D eigenvalue weighted by molar-refractivity contribution is -0.00763. The van der Waals surface area contributed by atoms with Gasteiger partial charge in [-0.1, -0.05) is 60.3 Å². The van der Waals surface area contributed by atoms with Gasteiger partial charge in [-0.15, -0.1) is 0 Å². The minimum absolute atomic E-state index is 0.0284. The predicted molar refractivity (Wildman–Crippen MR) is 82.4 cm³/mol. The van der Waals surface area contributed by atoms with Gasteiger partial charge in [-0.25, -0.2) is 0 Å². The molecule has 0 heterocycles. The molecule has 0 aliphatic rings. The van der Waals surface area contributed by atoms with Gasteiger partial charge in [0.1, 0.15) is 0 Å². The molecule has 0 aliphatic carbocycles. The second-order valence-electron chi connectivity index (χ2n) is 5.34. The summed E-state index contributed by atoms with van der Waals surface area (Å²) >= 11 is 0. The van der Waals surface area contributed by atoms with Gasteiger partial charge in [-0.05, 0) is 35.4 Å². The fraction of sp³-hybridized carbons (Fsp3) is 0.529. The lowest BCUT2D eigenvalue weighted by Crippen LogP contribution is -2.15. The molecule has 0 N–H and O–H groups in total. The van der Waals surface area contributed by atoms with Crippen LogP contribution in [0.15, 0.2) is 12.6 Å². The van der Waals surface area contributed by atoms with E-state index in [1.54, 1.807) is 6.08 Å². The molecule has 0 saturated heterocycles. The molecule has 0 spiro atoms. The van der Waals surface area contributed by atoms with Crippen LogP contribution in [0.4, 0.5) is 4.53 Å². The SMILES string of the molecule is C=Cc1c(C)c(C(C)(C)C)cc(CC)c1OF.CC. The van der Waals surface area contributed by atoms with Gasteiger partial charge in [-0.3, -0.25) is 4.94 Å². The molecule has 108 valence electrons. The third kappa shape index (κ3) is 3.82. The molecule has 2 heteroatoms. The van der Waals surface area contributed by atoms with E-state index in [0.29, 0.717) is 5.75 Å². The number of hydrogen-bond acceptors (Lipinski definition) is 1. The Morgan fingerprint density at radius 1 is 1.32 bits per heavy atom. The fourth-order valence-electron chi connectivity index (χ4n) is 2.21. The van der Waals surface area contributed by atoms with Gasteiger partial charge in [0, 0.05) is 10.1 Å². The molecule has 0 aromatic heterocycles. The summed E-state index contributed by atoms with van der Waals surface area (Å²) in [4.78, 5) is 4.04. The standard InChI is InChI=1S/C15H21FO.C2H6/c1-7-11-9-13(15(4,5)6)10(3)12(8-2)14(11)17-16;1-2/h8-9H,2,7H2,1,3-6H3;1-2H3. The highest BCUT2D eigenvalue weighted by Gasteiger charge is 2.22. The summed E-state index contributed by atoms with van der Waals surface area (Å²) in [6.07, 6.45) is 2.40. The van der Waals surface area contributed by atoms with Crippen molar-refractivity contribution in [3.05, 3.63) is 34.9 Å². The number of hydrogen-bond donors (Lipinski definition) is 0. The molecule has 19 heavy (non-hydrogen) atoms. The first-order valence-corrected chi connectivity index (χ1v) is 6.94. The molecule has 0 fully saturated rings. The normalized spacial score (nSPS) is 10.5. The fourth-order valence-corrected chi connectivity index (χ4v) is 2.21. The maximum Gasteiger partial charge on any atom is 0.182 e. The zero-order valence-electron chi connectivity index (χ0n) is 13.4. The minimum atomic E-state index is 0.0284. The maximum atomic E-state index is 12.7. The molecular weight excluding hydrogens is 239 g/mol. The third-order valence-corrected chi connectivity index (χ3v) is 3.13. The van der Waals surface area contributed by atoms with E-state index in [0.717, 1.165) is 23.1 Å². The van der Waals surface area contributed by atoms with E-state index in [1.807, 2.05) is 33.8 Å². The van der Waals surface area contributed by atoms with E-state index in [9.17, 15) is 4.53 Å². The first-order chi connectivity index (χ1) is 8.86. The summed E-state index contributed by atoms with van der Waals surface area (Å²) in [5, 5.41) is 0. The first kappa shape index (κ1) is 17.7. The molecule has 0 saturated carbocycles. The minimum Gasteiger partial charge on any atom is -0.293 e. The van der Waals surface area contributed by atoms with Crippen LogP contribution in [0.3, 0.4) is 0 Å². The zero-order valence-corrected chi connectivity index (χ0v) is 13.4. The Bertz CT molecular complexity index is 428. The Labute approximate surface area is 117 Å². The molecule has 1 rings (SSSR count). The highest BCUT2D eigenvalue weighted by molar-refractivity contribution is 5.65. The second kappa shape index (κ2) is 7.32. The van der Waals surface area contributed by atoms with Crippen molar-refractivity contribution in [2.75, 3.05) is 0 Å². The van der Waals surface area contributed by atoms with Crippen molar-refractivity contribution in [2.45, 2.75) is 60.3 Å². The summed E-state index contributed by atoms with van der Waals surface area (Å²) in [5.74, 6) is 0.313. The lowest BCUT2D eigenvalue weighted by atomic mass is 9.81. The van der Waals surface area contributed by atoms with Crippen LogP contribution in [-0.2, 0) is 11.8 Å². The summed E-state index contributed by atoms with van der Waals surface area (Å²) in [5.41, 5.74) is 3.93. The quantitative estimate of drug-likeness (QED) is 0.673. The van der Waals surface area contributed by atoms with E-state index in [1.165, 1.54) is 5.56 Å². The van der Waals surface area contributed by atoms with Crippen LogP contribution in [-0.4, -0.2) is 0 Å². The van der Waals surface area contributed by atoms with Crippen LogP contribution in [0.1, 0.15) is 63.8 Å². The summed E-state index contributed by atoms with van der Waals surface area (Å²) in [7, 11) is 0. The molecule has 0 aliphatic heterocycles. The largest absolute Gasteiger partial charge is 0.293 e. The van der Waals surface area contributed by atoms with Gasteiger partial charge >= 0.3 is 0 Å². The molecule has 0 bridgehead atoms. The van der Waals surface area contributed by atoms with Crippen molar-refractivity contribution in [1.29, 1.82) is 0 Å². The molecular formula is C17H27FO. The van der Waals surface area contributed by atoms with Crippen LogP contribution >= 0.6 is 0 Å². The van der Waals surface area contributed by atoms with Crippen LogP contribution in [0.2, 0.25) is 0 Å². The summed E-state index contributed by atoms with van der Waals surface area (Å²) in [6.45, 7) is 18.2. The Kier molecular flexibility index (Phi) is 6.82. The van der Waals surface area contributed by atoms with Gasteiger partial charge in [0.15, 0.2) is 5.75 Å². The molecule has 0 atom stereocenters. The third-order valence-electron chi connectivity index (χ3n) is 3.13. The summed E-state index contributed by atoms with van der Waals surface area (Å²) < 4.78 is 12.7. The first-order valence-electron chi connectivity index (χ1n) is 6.94. The molecule has 1 aromatic rings. The van der Waals surface area contributed by atoms with Gasteiger partial charge in [0.05, 0.1) is 0 Å².